The number of likely N-dealkylation sites (tertiary alicyclic amines) is 1. The van der Waals surface area contributed by atoms with Gasteiger partial charge in [-0.2, -0.15) is 0 Å². The number of urea groups is 1. The summed E-state index contributed by atoms with van der Waals surface area (Å²) in [7, 11) is 0. The van der Waals surface area contributed by atoms with Gasteiger partial charge in [-0.1, -0.05) is 44.2 Å². The van der Waals surface area contributed by atoms with Crippen LogP contribution in [0.15, 0.2) is 97.1 Å². The van der Waals surface area contributed by atoms with Crippen LogP contribution in [0.5, 0.6) is 17.2 Å². The highest BCUT2D eigenvalue weighted by Crippen LogP contribution is 2.29. The molecule has 0 bridgehead atoms. The molecule has 0 unspecified atom stereocenters. The third-order valence-electron chi connectivity index (χ3n) is 8.30. The van der Waals surface area contributed by atoms with E-state index in [0.29, 0.717) is 28.4 Å². The summed E-state index contributed by atoms with van der Waals surface area (Å²) in [6.07, 6.45) is 3.91. The minimum Gasteiger partial charge on any atom is -0.490 e. The van der Waals surface area contributed by atoms with Crippen molar-refractivity contribution in [2.24, 2.45) is 0 Å². The maximum absolute atomic E-state index is 13.0. The molecular formula is C38H44N4O4. The normalized spacial score (nSPS) is 13.7. The van der Waals surface area contributed by atoms with Crippen LogP contribution >= 0.6 is 0 Å². The number of nitrogens with zero attached hydrogens (tertiary/aromatic N) is 1. The molecule has 0 saturated carbocycles. The second-order valence-corrected chi connectivity index (χ2v) is 11.8. The van der Waals surface area contributed by atoms with Gasteiger partial charge in [0.1, 0.15) is 23.4 Å². The molecule has 4 aromatic carbocycles. The first-order valence-corrected chi connectivity index (χ1v) is 16.2. The van der Waals surface area contributed by atoms with Gasteiger partial charge < -0.3 is 25.4 Å². The van der Waals surface area contributed by atoms with Crippen molar-refractivity contribution < 1.29 is 19.1 Å². The van der Waals surface area contributed by atoms with Crippen LogP contribution in [0.2, 0.25) is 0 Å². The predicted octanol–water partition coefficient (Wildman–Crippen LogP) is 8.39. The van der Waals surface area contributed by atoms with Gasteiger partial charge in [0.25, 0.3) is 5.91 Å². The molecule has 1 aliphatic rings. The van der Waals surface area contributed by atoms with E-state index in [1.54, 1.807) is 24.3 Å². The number of rotatable bonds is 12. The molecular weight excluding hydrogens is 576 g/mol. The molecule has 1 saturated heterocycles. The van der Waals surface area contributed by atoms with Gasteiger partial charge in [0, 0.05) is 42.6 Å². The van der Waals surface area contributed by atoms with E-state index in [4.69, 9.17) is 9.47 Å². The van der Waals surface area contributed by atoms with Crippen molar-refractivity contribution in [1.82, 2.24) is 10.2 Å². The van der Waals surface area contributed by atoms with Crippen LogP contribution in [0.25, 0.3) is 0 Å². The monoisotopic (exact) mass is 620 g/mol. The number of carbonyl (C=O) groups is 2. The highest BCUT2D eigenvalue weighted by molar-refractivity contribution is 6.04. The molecule has 3 N–H and O–H groups in total. The first-order chi connectivity index (χ1) is 22.4. The van der Waals surface area contributed by atoms with Crippen molar-refractivity contribution in [3.05, 3.63) is 114 Å². The maximum atomic E-state index is 13.0. The van der Waals surface area contributed by atoms with Gasteiger partial charge in [-0.05, 0) is 110 Å². The summed E-state index contributed by atoms with van der Waals surface area (Å²) < 4.78 is 12.3. The summed E-state index contributed by atoms with van der Waals surface area (Å²) >= 11 is 0. The van der Waals surface area contributed by atoms with Crippen molar-refractivity contribution in [3.8, 4) is 17.2 Å². The van der Waals surface area contributed by atoms with E-state index in [0.717, 1.165) is 56.6 Å². The highest BCUT2D eigenvalue weighted by Gasteiger charge is 2.21. The number of benzene rings is 4. The molecule has 240 valence electrons. The van der Waals surface area contributed by atoms with Crippen molar-refractivity contribution in [2.45, 2.75) is 65.1 Å². The second kappa shape index (κ2) is 16.0. The Morgan fingerprint density at radius 1 is 0.804 bits per heavy atom. The second-order valence-electron chi connectivity index (χ2n) is 11.8. The minimum absolute atomic E-state index is 0.156. The largest absolute Gasteiger partial charge is 0.490 e. The lowest BCUT2D eigenvalue weighted by Gasteiger charge is -2.32. The van der Waals surface area contributed by atoms with Crippen LogP contribution < -0.4 is 25.4 Å². The SMILES string of the molecule is CCC(CC)NC(=O)Nc1ccc(Oc2ccc(NC(=O)c3ccc(OC4CCN(Cc5ccccc5)CC4)cc3)cc2C)cc1. The first-order valence-electron chi connectivity index (χ1n) is 16.2. The van der Waals surface area contributed by atoms with E-state index in [1.165, 1.54) is 5.56 Å². The van der Waals surface area contributed by atoms with E-state index >= 15 is 0 Å². The molecule has 0 spiro atoms. The van der Waals surface area contributed by atoms with E-state index in [2.05, 4.69) is 59.0 Å². The number of aryl methyl sites for hydroxylation is 1. The number of carbonyl (C=O) groups excluding carboxylic acids is 2. The van der Waals surface area contributed by atoms with Crippen molar-refractivity contribution in [3.63, 3.8) is 0 Å². The smallest absolute Gasteiger partial charge is 0.319 e. The van der Waals surface area contributed by atoms with Crippen LogP contribution in [-0.2, 0) is 6.54 Å². The molecule has 4 aromatic rings. The minimum atomic E-state index is -0.217. The van der Waals surface area contributed by atoms with Gasteiger partial charge in [0.15, 0.2) is 0 Å². The zero-order chi connectivity index (χ0) is 32.3. The van der Waals surface area contributed by atoms with E-state index in [1.807, 2.05) is 55.5 Å². The number of piperidine rings is 1. The highest BCUT2D eigenvalue weighted by atomic mass is 16.5. The molecule has 0 aromatic heterocycles. The number of anilines is 2. The Morgan fingerprint density at radius 3 is 2.11 bits per heavy atom. The topological polar surface area (TPSA) is 91.9 Å². The third kappa shape index (κ3) is 9.34. The molecule has 1 aliphatic heterocycles. The van der Waals surface area contributed by atoms with Gasteiger partial charge in [-0.3, -0.25) is 9.69 Å². The number of hydrogen-bond acceptors (Lipinski definition) is 5. The molecule has 8 heteroatoms. The number of amides is 3. The molecule has 46 heavy (non-hydrogen) atoms. The van der Waals surface area contributed by atoms with Crippen LogP contribution in [-0.4, -0.2) is 42.1 Å². The summed E-state index contributed by atoms with van der Waals surface area (Å²) in [6, 6.07) is 30.6. The lowest BCUT2D eigenvalue weighted by molar-refractivity contribution is 0.0967. The quantitative estimate of drug-likeness (QED) is 0.148. The van der Waals surface area contributed by atoms with Gasteiger partial charge in [-0.25, -0.2) is 4.79 Å². The Balaban J connectivity index is 1.07. The van der Waals surface area contributed by atoms with E-state index in [9.17, 15) is 9.59 Å². The average Bonchev–Trinajstić information content (AvgIpc) is 3.07. The first kappa shape index (κ1) is 32.6. The summed E-state index contributed by atoms with van der Waals surface area (Å²) in [5.74, 6) is 1.91. The summed E-state index contributed by atoms with van der Waals surface area (Å²) in [4.78, 5) is 27.6. The molecule has 8 nitrogen and oxygen atoms in total. The molecule has 3 amide bonds. The third-order valence-corrected chi connectivity index (χ3v) is 8.30. The number of nitrogens with one attached hydrogen (secondary N) is 3. The summed E-state index contributed by atoms with van der Waals surface area (Å²) in [5.41, 5.74) is 4.14. The zero-order valence-electron chi connectivity index (χ0n) is 26.9. The fourth-order valence-corrected chi connectivity index (χ4v) is 5.53. The Kier molecular flexibility index (Phi) is 11.3. The summed E-state index contributed by atoms with van der Waals surface area (Å²) in [6.45, 7) is 9.02. The Morgan fingerprint density at radius 2 is 1.46 bits per heavy atom. The Hall–Kier alpha value is -4.82. The van der Waals surface area contributed by atoms with Gasteiger partial charge in [0.05, 0.1) is 0 Å². The van der Waals surface area contributed by atoms with E-state index in [-0.39, 0.29) is 24.1 Å². The maximum Gasteiger partial charge on any atom is 0.319 e. The fraction of sp³-hybridized carbons (Fsp3) is 0.316. The number of hydrogen-bond donors (Lipinski definition) is 3. The van der Waals surface area contributed by atoms with Crippen LogP contribution in [0.4, 0.5) is 16.2 Å². The molecule has 1 heterocycles. The molecule has 5 rings (SSSR count). The zero-order valence-corrected chi connectivity index (χ0v) is 26.9. The Bertz CT molecular complexity index is 1560. The van der Waals surface area contributed by atoms with Crippen LogP contribution in [0.1, 0.15) is 61.0 Å². The molecule has 0 atom stereocenters. The predicted molar refractivity (Wildman–Crippen MR) is 184 cm³/mol. The van der Waals surface area contributed by atoms with Crippen LogP contribution in [0.3, 0.4) is 0 Å². The average molecular weight is 621 g/mol. The lowest BCUT2D eigenvalue weighted by atomic mass is 10.1. The van der Waals surface area contributed by atoms with Crippen molar-refractivity contribution in [1.29, 1.82) is 0 Å². The fourth-order valence-electron chi connectivity index (χ4n) is 5.53. The molecule has 0 aliphatic carbocycles. The van der Waals surface area contributed by atoms with Crippen LogP contribution in [0, 0.1) is 6.92 Å². The van der Waals surface area contributed by atoms with E-state index < -0.39 is 0 Å². The van der Waals surface area contributed by atoms with Gasteiger partial charge >= 0.3 is 6.03 Å². The number of ether oxygens (including phenoxy) is 2. The Labute approximate surface area is 272 Å². The van der Waals surface area contributed by atoms with Crippen molar-refractivity contribution in [2.75, 3.05) is 23.7 Å². The summed E-state index contributed by atoms with van der Waals surface area (Å²) in [5, 5.41) is 8.80. The van der Waals surface area contributed by atoms with Crippen molar-refractivity contribution >= 4 is 23.3 Å². The standard InChI is InChI=1S/C38H44N4O4/c1-4-30(5-2)40-38(44)41-31-13-18-34(19-14-31)46-36-20-15-32(25-27(36)3)39-37(43)29-11-16-33(17-12-29)45-35-21-23-42(24-22-35)26-28-9-7-6-8-10-28/h6-20,25,30,35H,4-5,21-24,26H2,1-3H3,(H,39,43)(H2,40,41,44). The molecule has 1 fully saturated rings. The lowest BCUT2D eigenvalue weighted by Crippen LogP contribution is -2.37. The van der Waals surface area contributed by atoms with Gasteiger partial charge in [0.2, 0.25) is 0 Å². The van der Waals surface area contributed by atoms with Gasteiger partial charge in [-0.15, -0.1) is 0 Å². The molecule has 0 radical (unpaired) electrons.